The van der Waals surface area contributed by atoms with Crippen molar-refractivity contribution >= 4 is 22.9 Å². The van der Waals surface area contributed by atoms with Crippen LogP contribution in [-0.2, 0) is 17.3 Å². The maximum Gasteiger partial charge on any atom is 0.405 e. The number of imidazole rings is 1. The van der Waals surface area contributed by atoms with E-state index in [0.717, 1.165) is 71.8 Å². The molecule has 0 saturated carbocycles. The van der Waals surface area contributed by atoms with E-state index in [4.69, 9.17) is 4.98 Å². The second-order valence-electron chi connectivity index (χ2n) is 11.5. The predicted octanol–water partition coefficient (Wildman–Crippen LogP) is 5.90. The zero-order chi connectivity index (χ0) is 29.5. The van der Waals surface area contributed by atoms with Gasteiger partial charge in [-0.3, -0.25) is 9.69 Å². The van der Waals surface area contributed by atoms with Gasteiger partial charge in [-0.15, -0.1) is 0 Å². The van der Waals surface area contributed by atoms with Crippen molar-refractivity contribution in [3.05, 3.63) is 83.9 Å². The number of carbonyl (C=O) groups is 1. The number of aromatic nitrogens is 2. The van der Waals surface area contributed by atoms with Gasteiger partial charge in [0.05, 0.1) is 11.0 Å². The van der Waals surface area contributed by atoms with Gasteiger partial charge in [-0.25, -0.2) is 4.98 Å². The molecule has 2 aliphatic rings. The van der Waals surface area contributed by atoms with Gasteiger partial charge in [-0.1, -0.05) is 67.1 Å². The Hall–Kier alpha value is -3.85. The number of anilines is 1. The van der Waals surface area contributed by atoms with Crippen LogP contribution in [0.25, 0.3) is 22.2 Å². The number of benzene rings is 3. The van der Waals surface area contributed by atoms with Crippen LogP contribution < -0.4 is 10.2 Å². The van der Waals surface area contributed by atoms with Crippen molar-refractivity contribution in [1.29, 1.82) is 0 Å². The number of rotatable bonds is 8. The Bertz CT molecular complexity index is 1540. The highest BCUT2D eigenvalue weighted by Crippen LogP contribution is 2.51. The Morgan fingerprint density at radius 3 is 2.14 bits per heavy atom. The Labute approximate surface area is 244 Å². The Morgan fingerprint density at radius 1 is 0.929 bits per heavy atom. The van der Waals surface area contributed by atoms with Crippen LogP contribution in [0.3, 0.4) is 0 Å². The molecule has 1 atom stereocenters. The molecule has 1 saturated heterocycles. The number of fused-ring (bicyclic) bond motifs is 4. The largest absolute Gasteiger partial charge is 0.405 e. The highest BCUT2D eigenvalue weighted by molar-refractivity contribution is 6.00. The molecule has 3 aromatic carbocycles. The van der Waals surface area contributed by atoms with Crippen LogP contribution in [0.15, 0.2) is 72.8 Å². The maximum absolute atomic E-state index is 13.7. The van der Waals surface area contributed by atoms with E-state index in [1.807, 2.05) is 66.7 Å². The molecule has 0 bridgehead atoms. The van der Waals surface area contributed by atoms with Crippen molar-refractivity contribution in [3.8, 4) is 11.1 Å². The summed E-state index contributed by atoms with van der Waals surface area (Å²) >= 11 is 0. The van der Waals surface area contributed by atoms with Crippen LogP contribution in [0.2, 0.25) is 0 Å². The lowest BCUT2D eigenvalue weighted by atomic mass is 9.73. The fourth-order valence-electron chi connectivity index (χ4n) is 6.91. The lowest BCUT2D eigenvalue weighted by Crippen LogP contribution is -2.50. The van der Waals surface area contributed by atoms with E-state index < -0.39 is 24.0 Å². The zero-order valence-electron chi connectivity index (χ0n) is 24.0. The molecule has 1 aromatic heterocycles. The number of piperazine rings is 1. The first-order chi connectivity index (χ1) is 20.2. The van der Waals surface area contributed by atoms with Crippen LogP contribution in [0.1, 0.15) is 37.3 Å². The summed E-state index contributed by atoms with van der Waals surface area (Å²) in [6.45, 7) is 4.39. The summed E-state index contributed by atoms with van der Waals surface area (Å²) in [7, 11) is 2.06. The van der Waals surface area contributed by atoms with E-state index in [1.54, 1.807) is 0 Å². The summed E-state index contributed by atoms with van der Waals surface area (Å²) in [6.07, 6.45) is -2.50. The number of para-hydroxylation sites is 2. The maximum atomic E-state index is 13.7. The summed E-state index contributed by atoms with van der Waals surface area (Å²) in [4.78, 5) is 23.4. The fourth-order valence-corrected chi connectivity index (χ4v) is 6.91. The smallest absolute Gasteiger partial charge is 0.346 e. The number of hydrogen-bond acceptors (Lipinski definition) is 4. The number of halogens is 3. The van der Waals surface area contributed by atoms with Crippen molar-refractivity contribution < 1.29 is 18.0 Å². The lowest BCUT2D eigenvalue weighted by molar-refractivity contribution is -0.141. The summed E-state index contributed by atoms with van der Waals surface area (Å²) < 4.78 is 41.6. The first kappa shape index (κ1) is 28.3. The fraction of sp³-hybridized carbons (Fsp3) is 0.394. The summed E-state index contributed by atoms with van der Waals surface area (Å²) in [5, 5.41) is 2.24. The monoisotopic (exact) mass is 575 g/mol. The van der Waals surface area contributed by atoms with Gasteiger partial charge < -0.3 is 14.8 Å². The number of nitrogens with zero attached hydrogens (tertiary/aromatic N) is 4. The van der Waals surface area contributed by atoms with E-state index in [1.165, 1.54) is 0 Å². The molecule has 0 spiro atoms. The van der Waals surface area contributed by atoms with Crippen LogP contribution >= 0.6 is 0 Å². The van der Waals surface area contributed by atoms with Crippen molar-refractivity contribution in [2.75, 3.05) is 37.6 Å². The van der Waals surface area contributed by atoms with Crippen LogP contribution in [-0.4, -0.2) is 65.3 Å². The minimum Gasteiger partial charge on any atom is -0.346 e. The molecule has 1 aliphatic carbocycles. The Kier molecular flexibility index (Phi) is 7.47. The number of hydrogen-bond donors (Lipinski definition) is 1. The molecule has 6 nitrogen and oxygen atoms in total. The number of aryl methyl sites for hydroxylation is 1. The molecular weight excluding hydrogens is 539 g/mol. The number of alkyl halides is 3. The predicted molar refractivity (Wildman–Crippen MR) is 160 cm³/mol. The normalized spacial score (nSPS) is 17.2. The van der Waals surface area contributed by atoms with Gasteiger partial charge in [0, 0.05) is 39.3 Å². The van der Waals surface area contributed by atoms with E-state index in [2.05, 4.69) is 39.7 Å². The first-order valence-electron chi connectivity index (χ1n) is 14.6. The molecule has 1 fully saturated rings. The zero-order valence-corrected chi connectivity index (χ0v) is 24.0. The van der Waals surface area contributed by atoms with E-state index in [-0.39, 0.29) is 6.04 Å². The van der Waals surface area contributed by atoms with Crippen molar-refractivity contribution in [2.24, 2.45) is 7.05 Å². The highest BCUT2D eigenvalue weighted by atomic mass is 19.4. The highest BCUT2D eigenvalue weighted by Gasteiger charge is 2.49. The van der Waals surface area contributed by atoms with Gasteiger partial charge in [0.25, 0.3) is 0 Å². The van der Waals surface area contributed by atoms with E-state index in [9.17, 15) is 18.0 Å². The van der Waals surface area contributed by atoms with Gasteiger partial charge >= 0.3 is 6.18 Å². The first-order valence-corrected chi connectivity index (χ1v) is 14.6. The van der Waals surface area contributed by atoms with E-state index >= 15 is 0 Å². The molecule has 6 rings (SSSR count). The lowest BCUT2D eigenvalue weighted by Gasteiger charge is -2.39. The van der Waals surface area contributed by atoms with Crippen molar-refractivity contribution in [2.45, 2.75) is 43.8 Å². The standard InChI is InChI=1S/C33H36F3N5O/c1-23(40-18-20-41(21-19-40)31-38-28-15-7-8-16-29(28)39(31)2)10-9-17-32(30(42)37-22-33(34,35)36)26-13-5-3-11-24(26)25-12-4-6-14-27(25)32/h3-8,11-16,23H,9-10,17-22H2,1-2H3,(H,37,42). The summed E-state index contributed by atoms with van der Waals surface area (Å²) in [5.74, 6) is 0.398. The molecule has 9 heteroatoms. The van der Waals surface area contributed by atoms with Crippen molar-refractivity contribution in [1.82, 2.24) is 19.8 Å². The summed E-state index contributed by atoms with van der Waals surface area (Å²) in [6, 6.07) is 23.7. The SMILES string of the molecule is CC(CCCC1(C(=O)NCC(F)(F)F)c2ccccc2-c2ccccc21)N1CCN(c2nc3ccccc3n2C)CC1. The second-order valence-corrected chi connectivity index (χ2v) is 11.5. The number of nitrogens with one attached hydrogen (secondary N) is 1. The molecule has 4 aromatic rings. The van der Waals surface area contributed by atoms with Gasteiger partial charge in [0.2, 0.25) is 11.9 Å². The van der Waals surface area contributed by atoms with Crippen LogP contribution in [0.5, 0.6) is 0 Å². The van der Waals surface area contributed by atoms with Gasteiger partial charge in [-0.2, -0.15) is 13.2 Å². The molecule has 1 aliphatic heterocycles. The molecule has 2 heterocycles. The van der Waals surface area contributed by atoms with Crippen LogP contribution in [0, 0.1) is 0 Å². The quantitative estimate of drug-likeness (QED) is 0.284. The van der Waals surface area contributed by atoms with Gasteiger partial charge in [0.15, 0.2) is 0 Å². The molecule has 1 N–H and O–H groups in total. The number of amides is 1. The Balaban J connectivity index is 1.15. The second kappa shape index (κ2) is 11.1. The minimum absolute atomic E-state index is 0.273. The minimum atomic E-state index is -4.48. The summed E-state index contributed by atoms with van der Waals surface area (Å²) in [5.41, 5.74) is 4.37. The molecule has 1 unspecified atom stereocenters. The van der Waals surface area contributed by atoms with Crippen molar-refractivity contribution in [3.63, 3.8) is 0 Å². The Morgan fingerprint density at radius 2 is 1.52 bits per heavy atom. The van der Waals surface area contributed by atoms with Gasteiger partial charge in [0.1, 0.15) is 12.0 Å². The molecule has 1 amide bonds. The third-order valence-corrected chi connectivity index (χ3v) is 9.06. The van der Waals surface area contributed by atoms with Crippen LogP contribution in [0.4, 0.5) is 19.1 Å². The van der Waals surface area contributed by atoms with Gasteiger partial charge in [-0.05, 0) is 54.2 Å². The third-order valence-electron chi connectivity index (χ3n) is 9.06. The molecule has 42 heavy (non-hydrogen) atoms. The molecular formula is C33H36F3N5O. The molecule has 220 valence electrons. The average Bonchev–Trinajstić information content (AvgIpc) is 3.49. The van der Waals surface area contributed by atoms with E-state index in [0.29, 0.717) is 12.8 Å². The third kappa shape index (κ3) is 5.04. The number of carbonyl (C=O) groups excluding carboxylic acids is 1. The topological polar surface area (TPSA) is 53.4 Å². The molecule has 0 radical (unpaired) electrons. The average molecular weight is 576 g/mol.